The van der Waals surface area contributed by atoms with Crippen LogP contribution in [0.15, 0.2) is 237 Å². The summed E-state index contributed by atoms with van der Waals surface area (Å²) in [7, 11) is 0. The van der Waals surface area contributed by atoms with Crippen LogP contribution in [0.1, 0.15) is 36.8 Å². The van der Waals surface area contributed by atoms with Crippen molar-refractivity contribution in [2.75, 3.05) is 4.90 Å². The molecule has 1 aromatic heterocycles. The van der Waals surface area contributed by atoms with E-state index in [9.17, 15) is 0 Å². The van der Waals surface area contributed by atoms with Gasteiger partial charge in [0, 0.05) is 39.4 Å². The molecule has 2 heteroatoms. The van der Waals surface area contributed by atoms with Crippen molar-refractivity contribution in [1.82, 2.24) is 4.57 Å². The number of hydrogen-bond donors (Lipinski definition) is 0. The van der Waals surface area contributed by atoms with Gasteiger partial charge in [0.15, 0.2) is 0 Å². The van der Waals surface area contributed by atoms with E-state index >= 15 is 0 Å². The smallest absolute Gasteiger partial charge is 0.0579 e. The van der Waals surface area contributed by atoms with Gasteiger partial charge in [-0.3, -0.25) is 0 Å². The van der Waals surface area contributed by atoms with Crippen LogP contribution in [-0.4, -0.2) is 4.57 Å². The summed E-state index contributed by atoms with van der Waals surface area (Å²) in [6.07, 6.45) is 17.8. The molecule has 8 aromatic carbocycles. The first kappa shape index (κ1) is 38.3. The minimum atomic E-state index is 0.240. The molecule has 2 nitrogen and oxygen atoms in total. The third kappa shape index (κ3) is 7.24. The van der Waals surface area contributed by atoms with Gasteiger partial charge in [0.1, 0.15) is 0 Å². The van der Waals surface area contributed by atoms with Crippen molar-refractivity contribution < 1.29 is 0 Å². The molecule has 1 heterocycles. The van der Waals surface area contributed by atoms with E-state index in [1.165, 1.54) is 71.9 Å². The maximum atomic E-state index is 2.53. The molecular weight excluding hydrogens is 761 g/mol. The molecule has 63 heavy (non-hydrogen) atoms. The van der Waals surface area contributed by atoms with Crippen molar-refractivity contribution >= 4 is 44.4 Å². The molecule has 0 fully saturated rings. The minimum Gasteiger partial charge on any atom is -0.311 e. The van der Waals surface area contributed by atoms with E-state index < -0.39 is 0 Å². The van der Waals surface area contributed by atoms with Gasteiger partial charge >= 0.3 is 0 Å². The zero-order chi connectivity index (χ0) is 42.1. The topological polar surface area (TPSA) is 8.17 Å². The summed E-state index contributed by atoms with van der Waals surface area (Å²) in [4.78, 5) is 2.39. The fourth-order valence-corrected chi connectivity index (χ4v) is 9.81. The Hall–Kier alpha value is -7.68. The number of aromatic nitrogens is 1. The minimum absolute atomic E-state index is 0.240. The Labute approximate surface area is 370 Å². The molecular formula is C61H48N2. The van der Waals surface area contributed by atoms with Gasteiger partial charge in [-0.15, -0.1) is 0 Å². The van der Waals surface area contributed by atoms with Crippen molar-refractivity contribution in [3.63, 3.8) is 0 Å². The van der Waals surface area contributed by atoms with E-state index in [4.69, 9.17) is 0 Å². The lowest BCUT2D eigenvalue weighted by Crippen LogP contribution is -2.10. The fraction of sp³-hybridized carbons (Fsp3) is 0.0820. The Kier molecular flexibility index (Phi) is 10.1. The molecule has 0 bridgehead atoms. The molecule has 0 radical (unpaired) electrons. The Morgan fingerprint density at radius 1 is 0.476 bits per heavy atom. The van der Waals surface area contributed by atoms with E-state index in [1.54, 1.807) is 0 Å². The van der Waals surface area contributed by atoms with E-state index in [-0.39, 0.29) is 5.92 Å². The first-order valence-electron chi connectivity index (χ1n) is 22.3. The monoisotopic (exact) mass is 808 g/mol. The van der Waals surface area contributed by atoms with E-state index in [1.807, 2.05) is 0 Å². The molecule has 2 unspecified atom stereocenters. The van der Waals surface area contributed by atoms with Crippen molar-refractivity contribution in [2.24, 2.45) is 5.92 Å². The lowest BCUT2D eigenvalue weighted by atomic mass is 9.87. The number of fused-ring (bicyclic) bond motifs is 3. The van der Waals surface area contributed by atoms with Crippen molar-refractivity contribution in [2.45, 2.75) is 25.7 Å². The van der Waals surface area contributed by atoms with Crippen LogP contribution in [0, 0.1) is 5.92 Å². The van der Waals surface area contributed by atoms with Gasteiger partial charge in [0.2, 0.25) is 0 Å². The Bertz CT molecular complexity index is 3190. The molecule has 0 saturated carbocycles. The Morgan fingerprint density at radius 2 is 1.05 bits per heavy atom. The average molecular weight is 809 g/mol. The predicted molar refractivity (Wildman–Crippen MR) is 268 cm³/mol. The number of benzene rings is 8. The zero-order valence-corrected chi connectivity index (χ0v) is 35.5. The Morgan fingerprint density at radius 3 is 1.67 bits per heavy atom. The third-order valence-corrected chi connectivity index (χ3v) is 13.0. The van der Waals surface area contributed by atoms with Gasteiger partial charge in [0.25, 0.3) is 0 Å². The summed E-state index contributed by atoms with van der Waals surface area (Å²) in [5, 5.41) is 2.54. The summed E-state index contributed by atoms with van der Waals surface area (Å²) in [5.41, 5.74) is 18.3. The summed E-state index contributed by atoms with van der Waals surface area (Å²) in [5.74, 6) is 0.736. The van der Waals surface area contributed by atoms with Crippen LogP contribution >= 0.6 is 0 Å². The largest absolute Gasteiger partial charge is 0.311 e. The SMILES string of the molecule is CC1CC=CC=C1c1ccc(N(c2ccc(-c3ccccc3)cc2)c2ccc(-n3c4cccc(-c5ccccc5)c4c4cc(-c5ccccc5)cc(C5C=CC=CC5)c43)cc2)cc1. The fourth-order valence-electron chi connectivity index (χ4n) is 9.81. The molecule has 11 rings (SSSR count). The zero-order valence-electron chi connectivity index (χ0n) is 35.5. The standard InChI is InChI=1S/C61H48N2/c1-43-17-14-15-26-55(43)49-31-35-52(36-32-49)62(51-33-29-46(30-34-51)44-18-6-2-7-19-44)53-37-39-54(40-38-53)63-59-28-16-27-56(47-22-10-4-11-23-47)60(59)58-42-50(45-20-8-3-9-21-45)41-57(61(58)63)48-24-12-5-13-25-48/h2-16,18-24,26-43,48H,17,25H2,1H3. The maximum Gasteiger partial charge on any atom is 0.0579 e. The first-order valence-corrected chi connectivity index (χ1v) is 22.3. The van der Waals surface area contributed by atoms with Gasteiger partial charge in [0.05, 0.1) is 11.0 Å². The van der Waals surface area contributed by atoms with Crippen molar-refractivity contribution in [1.29, 1.82) is 0 Å². The second-order valence-corrected chi connectivity index (χ2v) is 16.9. The summed E-state index contributed by atoms with van der Waals surface area (Å²) < 4.78 is 2.53. The lowest BCUT2D eigenvalue weighted by molar-refractivity contribution is 0.758. The number of anilines is 3. The van der Waals surface area contributed by atoms with Crippen molar-refractivity contribution in [3.8, 4) is 39.1 Å². The van der Waals surface area contributed by atoms with Gasteiger partial charge < -0.3 is 9.47 Å². The van der Waals surface area contributed by atoms with Crippen LogP contribution in [0.25, 0.3) is 66.4 Å². The van der Waals surface area contributed by atoms with Crippen LogP contribution in [0.5, 0.6) is 0 Å². The highest BCUT2D eigenvalue weighted by atomic mass is 15.1. The quantitative estimate of drug-likeness (QED) is 0.141. The second-order valence-electron chi connectivity index (χ2n) is 16.9. The molecule has 2 atom stereocenters. The van der Waals surface area contributed by atoms with Gasteiger partial charge in [-0.1, -0.05) is 177 Å². The highest BCUT2D eigenvalue weighted by molar-refractivity contribution is 6.17. The first-order chi connectivity index (χ1) is 31.2. The van der Waals surface area contributed by atoms with Gasteiger partial charge in [-0.2, -0.15) is 0 Å². The number of rotatable bonds is 9. The lowest BCUT2D eigenvalue weighted by Gasteiger charge is -2.27. The highest BCUT2D eigenvalue weighted by Crippen LogP contribution is 2.45. The van der Waals surface area contributed by atoms with Crippen molar-refractivity contribution in [3.05, 3.63) is 248 Å². The van der Waals surface area contributed by atoms with Crippen LogP contribution in [0.4, 0.5) is 17.1 Å². The molecule has 0 spiro atoms. The van der Waals surface area contributed by atoms with Gasteiger partial charge in [-0.05, 0) is 136 Å². The molecule has 0 saturated heterocycles. The van der Waals surface area contributed by atoms with Crippen LogP contribution < -0.4 is 4.90 Å². The molecule has 302 valence electrons. The van der Waals surface area contributed by atoms with E-state index in [2.05, 4.69) is 253 Å². The molecule has 0 amide bonds. The normalized spacial score (nSPS) is 15.8. The van der Waals surface area contributed by atoms with E-state index in [0.29, 0.717) is 5.92 Å². The summed E-state index contributed by atoms with van der Waals surface area (Å²) >= 11 is 0. The molecule has 2 aliphatic carbocycles. The van der Waals surface area contributed by atoms with Gasteiger partial charge in [-0.25, -0.2) is 0 Å². The highest BCUT2D eigenvalue weighted by Gasteiger charge is 2.24. The third-order valence-electron chi connectivity index (χ3n) is 13.0. The number of hydrogen-bond acceptors (Lipinski definition) is 1. The second kappa shape index (κ2) is 16.6. The molecule has 0 N–H and O–H groups in total. The molecule has 2 aliphatic rings. The average Bonchev–Trinajstić information content (AvgIpc) is 3.70. The molecule has 9 aromatic rings. The molecule has 0 aliphatic heterocycles. The maximum absolute atomic E-state index is 2.53. The predicted octanol–water partition coefficient (Wildman–Crippen LogP) is 16.8. The summed E-state index contributed by atoms with van der Waals surface area (Å²) in [6, 6.07) is 71.4. The summed E-state index contributed by atoms with van der Waals surface area (Å²) in [6.45, 7) is 2.32. The number of allylic oxidation sites excluding steroid dienone is 8. The van der Waals surface area contributed by atoms with E-state index in [0.717, 1.165) is 35.6 Å². The van der Waals surface area contributed by atoms with Crippen LogP contribution in [-0.2, 0) is 0 Å². The Balaban J connectivity index is 1.09. The van der Waals surface area contributed by atoms with Crippen LogP contribution in [0.3, 0.4) is 0 Å². The number of nitrogens with zero attached hydrogens (tertiary/aromatic N) is 2. The van der Waals surface area contributed by atoms with Crippen LogP contribution in [0.2, 0.25) is 0 Å².